The smallest absolute Gasteiger partial charge is 0.232 e. The second-order valence-electron chi connectivity index (χ2n) is 4.80. The number of carbonyl (C=O) groups is 1. The first-order valence-corrected chi connectivity index (χ1v) is 7.63. The molecule has 19 heavy (non-hydrogen) atoms. The van der Waals surface area contributed by atoms with Crippen LogP contribution in [0.15, 0.2) is 23.1 Å². The summed E-state index contributed by atoms with van der Waals surface area (Å²) in [6.07, 6.45) is 1.04. The van der Waals surface area contributed by atoms with E-state index in [1.54, 1.807) is 11.8 Å². The van der Waals surface area contributed by atoms with E-state index in [1.807, 2.05) is 30.0 Å². The molecule has 0 spiro atoms. The number of aryl methyl sites for hydroxylation is 1. The van der Waals surface area contributed by atoms with Gasteiger partial charge in [-0.15, -0.1) is 11.8 Å². The Morgan fingerprint density at radius 1 is 1.42 bits per heavy atom. The molecule has 104 valence electrons. The lowest BCUT2D eigenvalue weighted by atomic mass is 10.2. The van der Waals surface area contributed by atoms with Gasteiger partial charge in [0.05, 0.1) is 5.75 Å². The Morgan fingerprint density at radius 3 is 3.11 bits per heavy atom. The highest BCUT2D eigenvalue weighted by Gasteiger charge is 2.15. The molecular weight excluding hydrogens is 258 g/mol. The van der Waals surface area contributed by atoms with Gasteiger partial charge in [0, 0.05) is 30.2 Å². The predicted molar refractivity (Wildman–Crippen MR) is 80.4 cm³/mol. The Hall–Kier alpha value is -1.20. The molecule has 0 saturated carbocycles. The van der Waals surface area contributed by atoms with Gasteiger partial charge in [-0.25, -0.2) is 0 Å². The van der Waals surface area contributed by atoms with Crippen molar-refractivity contribution < 1.29 is 4.79 Å². The summed E-state index contributed by atoms with van der Waals surface area (Å²) < 4.78 is 0. The summed E-state index contributed by atoms with van der Waals surface area (Å²) in [6.45, 7) is 5.62. The van der Waals surface area contributed by atoms with Crippen molar-refractivity contribution in [3.8, 4) is 0 Å². The molecule has 3 N–H and O–H groups in total. The van der Waals surface area contributed by atoms with Gasteiger partial charge < -0.3 is 16.0 Å². The summed E-state index contributed by atoms with van der Waals surface area (Å²) in [5, 5.41) is 3.31. The number of nitrogens with two attached hydrogens (primary N) is 1. The van der Waals surface area contributed by atoms with Gasteiger partial charge in [0.25, 0.3) is 0 Å². The van der Waals surface area contributed by atoms with Crippen molar-refractivity contribution in [1.29, 1.82) is 0 Å². The van der Waals surface area contributed by atoms with E-state index in [-0.39, 0.29) is 5.91 Å². The van der Waals surface area contributed by atoms with E-state index >= 15 is 0 Å². The number of hydrogen-bond acceptors (Lipinski definition) is 4. The van der Waals surface area contributed by atoms with Crippen LogP contribution in [0.3, 0.4) is 0 Å². The molecule has 1 aromatic carbocycles. The fourth-order valence-corrected chi connectivity index (χ4v) is 3.07. The number of rotatable bonds is 3. The summed E-state index contributed by atoms with van der Waals surface area (Å²) in [6, 6.07) is 5.83. The van der Waals surface area contributed by atoms with E-state index in [2.05, 4.69) is 5.32 Å². The lowest BCUT2D eigenvalue weighted by molar-refractivity contribution is -0.128. The van der Waals surface area contributed by atoms with E-state index < -0.39 is 0 Å². The van der Waals surface area contributed by atoms with Crippen LogP contribution in [0.25, 0.3) is 0 Å². The van der Waals surface area contributed by atoms with Crippen LogP contribution in [0.2, 0.25) is 0 Å². The molecule has 0 aromatic heterocycles. The molecule has 1 aliphatic heterocycles. The first-order valence-electron chi connectivity index (χ1n) is 6.64. The van der Waals surface area contributed by atoms with Crippen molar-refractivity contribution in [3.63, 3.8) is 0 Å². The number of hydrogen-bond donors (Lipinski definition) is 2. The van der Waals surface area contributed by atoms with Gasteiger partial charge in [0.2, 0.25) is 5.91 Å². The number of carbonyl (C=O) groups excluding carboxylic acids is 1. The number of anilines is 1. The minimum absolute atomic E-state index is 0.218. The fraction of sp³-hybridized carbons (Fsp3) is 0.500. The minimum atomic E-state index is 0.218. The standard InChI is InChI=1S/C14H21N3OS/c1-11-3-4-12(15)9-13(11)19-10-14(18)17-7-2-5-16-6-8-17/h3-4,9,16H,2,5-8,10,15H2,1H3. The van der Waals surface area contributed by atoms with Crippen LogP contribution in [0, 0.1) is 6.92 Å². The zero-order valence-electron chi connectivity index (χ0n) is 11.3. The second-order valence-corrected chi connectivity index (χ2v) is 5.82. The van der Waals surface area contributed by atoms with Gasteiger partial charge in [-0.2, -0.15) is 0 Å². The van der Waals surface area contributed by atoms with Gasteiger partial charge >= 0.3 is 0 Å². The highest BCUT2D eigenvalue weighted by molar-refractivity contribution is 8.00. The Labute approximate surface area is 118 Å². The molecule has 0 radical (unpaired) electrons. The van der Waals surface area contributed by atoms with Crippen molar-refractivity contribution in [2.45, 2.75) is 18.2 Å². The molecule has 0 bridgehead atoms. The molecule has 1 heterocycles. The third kappa shape index (κ3) is 4.14. The maximum Gasteiger partial charge on any atom is 0.232 e. The lowest BCUT2D eigenvalue weighted by Gasteiger charge is -2.19. The average molecular weight is 279 g/mol. The monoisotopic (exact) mass is 279 g/mol. The Morgan fingerprint density at radius 2 is 2.26 bits per heavy atom. The van der Waals surface area contributed by atoms with E-state index in [9.17, 15) is 4.79 Å². The van der Waals surface area contributed by atoms with Crippen LogP contribution >= 0.6 is 11.8 Å². The Balaban J connectivity index is 1.90. The second kappa shape index (κ2) is 6.82. The van der Waals surface area contributed by atoms with Gasteiger partial charge in [-0.05, 0) is 37.6 Å². The van der Waals surface area contributed by atoms with Crippen molar-refractivity contribution in [1.82, 2.24) is 10.2 Å². The van der Waals surface area contributed by atoms with Crippen molar-refractivity contribution >= 4 is 23.4 Å². The summed E-state index contributed by atoms with van der Waals surface area (Å²) in [7, 11) is 0. The number of nitrogens with zero attached hydrogens (tertiary/aromatic N) is 1. The van der Waals surface area contributed by atoms with Crippen molar-refractivity contribution in [2.24, 2.45) is 0 Å². The first kappa shape index (κ1) is 14.2. The molecule has 0 atom stereocenters. The van der Waals surface area contributed by atoms with E-state index in [1.165, 1.54) is 5.56 Å². The normalized spacial score (nSPS) is 16.2. The van der Waals surface area contributed by atoms with Crippen LogP contribution in [0.4, 0.5) is 5.69 Å². The SMILES string of the molecule is Cc1ccc(N)cc1SCC(=O)N1CCCNCC1. The fourth-order valence-electron chi connectivity index (χ4n) is 2.10. The van der Waals surface area contributed by atoms with E-state index in [0.717, 1.165) is 43.2 Å². The molecular formula is C14H21N3OS. The van der Waals surface area contributed by atoms with Crippen LogP contribution < -0.4 is 11.1 Å². The van der Waals surface area contributed by atoms with Crippen molar-refractivity contribution in [2.75, 3.05) is 37.7 Å². The number of nitrogen functional groups attached to an aromatic ring is 1. The quantitative estimate of drug-likeness (QED) is 0.650. The van der Waals surface area contributed by atoms with Crippen LogP contribution in [-0.2, 0) is 4.79 Å². The topological polar surface area (TPSA) is 58.4 Å². The number of thioether (sulfide) groups is 1. The lowest BCUT2D eigenvalue weighted by Crippen LogP contribution is -2.35. The van der Waals surface area contributed by atoms with Crippen molar-refractivity contribution in [3.05, 3.63) is 23.8 Å². The molecule has 4 nitrogen and oxygen atoms in total. The molecule has 2 rings (SSSR count). The molecule has 1 aliphatic rings. The Kier molecular flexibility index (Phi) is 5.10. The highest BCUT2D eigenvalue weighted by Crippen LogP contribution is 2.24. The maximum absolute atomic E-state index is 12.2. The first-order chi connectivity index (χ1) is 9.16. The number of nitrogens with one attached hydrogen (secondary N) is 1. The molecule has 5 heteroatoms. The third-order valence-corrected chi connectivity index (χ3v) is 4.40. The Bertz CT molecular complexity index is 442. The summed E-state index contributed by atoms with van der Waals surface area (Å²) >= 11 is 1.58. The average Bonchev–Trinajstić information content (AvgIpc) is 2.68. The zero-order valence-corrected chi connectivity index (χ0v) is 12.1. The van der Waals surface area contributed by atoms with Crippen LogP contribution in [0.1, 0.15) is 12.0 Å². The molecule has 1 amide bonds. The summed E-state index contributed by atoms with van der Waals surface area (Å²) in [5.74, 6) is 0.708. The molecule has 1 aromatic rings. The van der Waals surface area contributed by atoms with Gasteiger partial charge in [0.15, 0.2) is 0 Å². The van der Waals surface area contributed by atoms with Gasteiger partial charge in [-0.1, -0.05) is 6.07 Å². The van der Waals surface area contributed by atoms with E-state index in [4.69, 9.17) is 5.73 Å². The third-order valence-electron chi connectivity index (χ3n) is 3.26. The zero-order chi connectivity index (χ0) is 13.7. The van der Waals surface area contributed by atoms with Gasteiger partial charge in [0.1, 0.15) is 0 Å². The molecule has 0 unspecified atom stereocenters. The van der Waals surface area contributed by atoms with E-state index in [0.29, 0.717) is 5.75 Å². The van der Waals surface area contributed by atoms with Crippen LogP contribution in [-0.4, -0.2) is 42.7 Å². The minimum Gasteiger partial charge on any atom is -0.399 e. The predicted octanol–water partition coefficient (Wildman–Crippen LogP) is 1.49. The number of amides is 1. The van der Waals surface area contributed by atoms with Crippen LogP contribution in [0.5, 0.6) is 0 Å². The largest absolute Gasteiger partial charge is 0.399 e. The number of benzene rings is 1. The summed E-state index contributed by atoms with van der Waals surface area (Å²) in [4.78, 5) is 15.2. The van der Waals surface area contributed by atoms with Gasteiger partial charge in [-0.3, -0.25) is 4.79 Å². The maximum atomic E-state index is 12.2. The summed E-state index contributed by atoms with van der Waals surface area (Å²) in [5.41, 5.74) is 7.70. The highest BCUT2D eigenvalue weighted by atomic mass is 32.2. The molecule has 1 fully saturated rings. The molecule has 1 saturated heterocycles. The molecule has 0 aliphatic carbocycles.